The van der Waals surface area contributed by atoms with Gasteiger partial charge in [0.15, 0.2) is 0 Å². The highest BCUT2D eigenvalue weighted by Crippen LogP contribution is 2.39. The molecule has 1 fully saturated rings. The first-order chi connectivity index (χ1) is 8.15. The summed E-state index contributed by atoms with van der Waals surface area (Å²) in [5, 5.41) is 0. The number of halogens is 1. The number of hydrogen-bond acceptors (Lipinski definition) is 2. The largest absolute Gasteiger partial charge is 0.378 e. The van der Waals surface area contributed by atoms with E-state index in [1.165, 1.54) is 12.0 Å². The van der Waals surface area contributed by atoms with Crippen LogP contribution in [0.25, 0.3) is 0 Å². The lowest BCUT2D eigenvalue weighted by molar-refractivity contribution is -0.0813. The summed E-state index contributed by atoms with van der Waals surface area (Å²) in [7, 11) is 1.81. The number of ether oxygens (including phenoxy) is 1. The van der Waals surface area contributed by atoms with Gasteiger partial charge in [-0.2, -0.15) is 0 Å². The van der Waals surface area contributed by atoms with E-state index in [0.29, 0.717) is 0 Å². The van der Waals surface area contributed by atoms with Crippen LogP contribution in [-0.4, -0.2) is 18.8 Å². The van der Waals surface area contributed by atoms with Crippen molar-refractivity contribution >= 4 is 15.9 Å². The predicted molar refractivity (Wildman–Crippen MR) is 74.0 cm³/mol. The molecule has 1 aliphatic carbocycles. The zero-order valence-corrected chi connectivity index (χ0v) is 11.9. The van der Waals surface area contributed by atoms with Crippen LogP contribution in [0.15, 0.2) is 28.7 Å². The van der Waals surface area contributed by atoms with Crippen LogP contribution in [0, 0.1) is 0 Å². The van der Waals surface area contributed by atoms with Gasteiger partial charge < -0.3 is 10.5 Å². The molecular formula is C14H20BrNO. The monoisotopic (exact) mass is 297 g/mol. The average molecular weight is 298 g/mol. The lowest BCUT2D eigenvalue weighted by Crippen LogP contribution is -2.45. The molecule has 94 valence electrons. The van der Waals surface area contributed by atoms with Crippen LogP contribution in [0.4, 0.5) is 0 Å². The molecular weight excluding hydrogens is 278 g/mol. The first-order valence-corrected chi connectivity index (χ1v) is 6.99. The zero-order chi connectivity index (χ0) is 12.3. The van der Waals surface area contributed by atoms with Crippen LogP contribution >= 0.6 is 15.9 Å². The molecule has 0 aliphatic heterocycles. The minimum Gasteiger partial charge on any atom is -0.378 e. The van der Waals surface area contributed by atoms with Crippen LogP contribution in [0.3, 0.4) is 0 Å². The molecule has 2 N–H and O–H groups in total. The molecule has 0 saturated heterocycles. The molecule has 2 nitrogen and oxygen atoms in total. The fourth-order valence-electron chi connectivity index (χ4n) is 2.56. The highest BCUT2D eigenvalue weighted by molar-refractivity contribution is 9.10. The van der Waals surface area contributed by atoms with Gasteiger partial charge in [0.2, 0.25) is 0 Å². The summed E-state index contributed by atoms with van der Waals surface area (Å²) < 4.78 is 6.77. The van der Waals surface area contributed by atoms with Crippen molar-refractivity contribution in [1.82, 2.24) is 0 Å². The van der Waals surface area contributed by atoms with Crippen molar-refractivity contribution in [2.24, 2.45) is 5.73 Å². The molecule has 0 radical (unpaired) electrons. The van der Waals surface area contributed by atoms with Gasteiger partial charge in [-0.25, -0.2) is 0 Å². The zero-order valence-electron chi connectivity index (χ0n) is 10.3. The number of rotatable bonds is 5. The highest BCUT2D eigenvalue weighted by Gasteiger charge is 2.38. The van der Waals surface area contributed by atoms with Gasteiger partial charge in [0.1, 0.15) is 0 Å². The first kappa shape index (κ1) is 13.1. The van der Waals surface area contributed by atoms with Crippen molar-refractivity contribution in [3.8, 4) is 0 Å². The molecule has 1 aromatic carbocycles. The van der Waals surface area contributed by atoms with E-state index in [4.69, 9.17) is 10.5 Å². The highest BCUT2D eigenvalue weighted by atomic mass is 79.9. The van der Waals surface area contributed by atoms with Crippen LogP contribution < -0.4 is 5.73 Å². The predicted octanol–water partition coefficient (Wildman–Crippen LogP) is 3.28. The Morgan fingerprint density at radius 1 is 1.41 bits per heavy atom. The Bertz CT molecular complexity index is 371. The third kappa shape index (κ3) is 3.09. The summed E-state index contributed by atoms with van der Waals surface area (Å²) >= 11 is 3.57. The quantitative estimate of drug-likeness (QED) is 0.905. The number of benzene rings is 1. The Morgan fingerprint density at radius 3 is 2.65 bits per heavy atom. The van der Waals surface area contributed by atoms with Gasteiger partial charge in [-0.05, 0) is 43.7 Å². The third-order valence-electron chi connectivity index (χ3n) is 3.77. The summed E-state index contributed by atoms with van der Waals surface area (Å²) in [5.41, 5.74) is 7.60. The van der Waals surface area contributed by atoms with Gasteiger partial charge in [-0.1, -0.05) is 34.1 Å². The molecule has 3 heteroatoms. The van der Waals surface area contributed by atoms with Crippen LogP contribution in [0.1, 0.15) is 31.2 Å². The van der Waals surface area contributed by atoms with Gasteiger partial charge in [0.05, 0.1) is 5.60 Å². The Balaban J connectivity index is 1.93. The van der Waals surface area contributed by atoms with Crippen molar-refractivity contribution in [3.05, 3.63) is 34.3 Å². The lowest BCUT2D eigenvalue weighted by Gasteiger charge is -2.42. The summed E-state index contributed by atoms with van der Waals surface area (Å²) in [6.07, 6.45) is 5.47. The van der Waals surface area contributed by atoms with Crippen LogP contribution in [0.2, 0.25) is 0 Å². The normalized spacial score (nSPS) is 19.7. The van der Waals surface area contributed by atoms with Crippen molar-refractivity contribution in [1.29, 1.82) is 0 Å². The SMILES string of the molecule is COC1(CC(N)Cc2ccccc2Br)CCC1. The molecule has 1 aliphatic rings. The molecule has 0 heterocycles. The molecule has 2 rings (SSSR count). The van der Waals surface area contributed by atoms with Crippen molar-refractivity contribution in [2.45, 2.75) is 43.7 Å². The standard InChI is InChI=1S/C14H20BrNO/c1-17-14(7-4-8-14)10-12(16)9-11-5-2-3-6-13(11)15/h2-3,5-6,12H,4,7-10,16H2,1H3. The second-order valence-corrected chi connectivity index (χ2v) is 5.85. The number of nitrogens with two attached hydrogens (primary N) is 1. The van der Waals surface area contributed by atoms with E-state index < -0.39 is 0 Å². The third-order valence-corrected chi connectivity index (χ3v) is 4.55. The smallest absolute Gasteiger partial charge is 0.0693 e. The average Bonchev–Trinajstić information content (AvgIpc) is 2.27. The first-order valence-electron chi connectivity index (χ1n) is 6.19. The Labute approximate surface area is 112 Å². The van der Waals surface area contributed by atoms with E-state index >= 15 is 0 Å². The van der Waals surface area contributed by atoms with E-state index in [0.717, 1.165) is 30.2 Å². The Morgan fingerprint density at radius 2 is 2.12 bits per heavy atom. The molecule has 0 amide bonds. The molecule has 17 heavy (non-hydrogen) atoms. The van der Waals surface area contributed by atoms with Crippen LogP contribution in [0.5, 0.6) is 0 Å². The minimum absolute atomic E-state index is 0.0701. The number of hydrogen-bond donors (Lipinski definition) is 1. The molecule has 1 saturated carbocycles. The van der Waals surface area contributed by atoms with Crippen LogP contribution in [-0.2, 0) is 11.2 Å². The van der Waals surface area contributed by atoms with E-state index in [9.17, 15) is 0 Å². The van der Waals surface area contributed by atoms with E-state index in [2.05, 4.69) is 34.1 Å². The molecule has 1 atom stereocenters. The van der Waals surface area contributed by atoms with Crippen molar-refractivity contribution in [2.75, 3.05) is 7.11 Å². The molecule has 1 unspecified atom stereocenters. The van der Waals surface area contributed by atoms with Crippen molar-refractivity contribution < 1.29 is 4.74 Å². The second-order valence-electron chi connectivity index (χ2n) is 5.00. The fraction of sp³-hybridized carbons (Fsp3) is 0.571. The van der Waals surface area contributed by atoms with Gasteiger partial charge in [0, 0.05) is 17.6 Å². The summed E-state index contributed by atoms with van der Waals surface area (Å²) in [5.74, 6) is 0. The molecule has 0 bridgehead atoms. The topological polar surface area (TPSA) is 35.2 Å². The summed E-state index contributed by atoms with van der Waals surface area (Å²) in [6, 6.07) is 8.46. The lowest BCUT2D eigenvalue weighted by atomic mass is 9.75. The van der Waals surface area contributed by atoms with Gasteiger partial charge in [0.25, 0.3) is 0 Å². The molecule has 1 aromatic rings. The Kier molecular flexibility index (Phi) is 4.23. The van der Waals surface area contributed by atoms with E-state index in [1.807, 2.05) is 13.2 Å². The maximum absolute atomic E-state index is 6.24. The second kappa shape index (κ2) is 5.51. The van der Waals surface area contributed by atoms with E-state index in [-0.39, 0.29) is 11.6 Å². The maximum Gasteiger partial charge on any atom is 0.0693 e. The molecule has 0 aromatic heterocycles. The molecule has 0 spiro atoms. The van der Waals surface area contributed by atoms with Gasteiger partial charge in [-0.3, -0.25) is 0 Å². The van der Waals surface area contributed by atoms with Crippen molar-refractivity contribution in [3.63, 3.8) is 0 Å². The Hall–Kier alpha value is -0.380. The van der Waals surface area contributed by atoms with Gasteiger partial charge >= 0.3 is 0 Å². The fourth-order valence-corrected chi connectivity index (χ4v) is 3.01. The minimum atomic E-state index is 0.0701. The summed E-state index contributed by atoms with van der Waals surface area (Å²) in [6.45, 7) is 0. The number of methoxy groups -OCH3 is 1. The maximum atomic E-state index is 6.24. The summed E-state index contributed by atoms with van der Waals surface area (Å²) in [4.78, 5) is 0. The van der Waals surface area contributed by atoms with E-state index in [1.54, 1.807) is 0 Å². The van der Waals surface area contributed by atoms with Gasteiger partial charge in [-0.15, -0.1) is 0 Å².